The summed E-state index contributed by atoms with van der Waals surface area (Å²) in [6.45, 7) is 1.35. The van der Waals surface area contributed by atoms with E-state index in [1.54, 1.807) is 16.7 Å². The Labute approximate surface area is 145 Å². The Balaban J connectivity index is 1.78. The molecule has 24 heavy (non-hydrogen) atoms. The fourth-order valence-electron chi connectivity index (χ4n) is 1.99. The Kier molecular flexibility index (Phi) is 4.68. The molecule has 0 aliphatic carbocycles. The van der Waals surface area contributed by atoms with Gasteiger partial charge in [-0.15, -0.1) is 11.3 Å². The van der Waals surface area contributed by atoms with Crippen molar-refractivity contribution in [3.05, 3.63) is 51.9 Å². The summed E-state index contributed by atoms with van der Waals surface area (Å²) in [7, 11) is 0. The van der Waals surface area contributed by atoms with Crippen LogP contribution in [-0.2, 0) is 4.79 Å². The summed E-state index contributed by atoms with van der Waals surface area (Å²) in [6, 6.07) is 5.88. The highest BCUT2D eigenvalue weighted by Gasteiger charge is 2.14. The lowest BCUT2D eigenvalue weighted by molar-refractivity contribution is -0.114. The van der Waals surface area contributed by atoms with Gasteiger partial charge >= 0.3 is 0 Å². The summed E-state index contributed by atoms with van der Waals surface area (Å²) in [5.74, 6) is -1.38. The van der Waals surface area contributed by atoms with E-state index in [1.807, 2.05) is 16.8 Å². The molecule has 2 amide bonds. The van der Waals surface area contributed by atoms with Crippen LogP contribution in [0.3, 0.4) is 0 Å². The van der Waals surface area contributed by atoms with E-state index in [-0.39, 0.29) is 17.3 Å². The van der Waals surface area contributed by atoms with Crippen LogP contribution in [0.15, 0.2) is 40.4 Å². The molecule has 0 fully saturated rings. The van der Waals surface area contributed by atoms with Gasteiger partial charge in [-0.25, -0.2) is 9.37 Å². The molecule has 2 heterocycles. The zero-order valence-corrected chi connectivity index (χ0v) is 14.1. The number of rotatable bonds is 4. The fraction of sp³-hybridized carbons (Fsp3) is 0.0625. The van der Waals surface area contributed by atoms with E-state index in [2.05, 4.69) is 15.6 Å². The number of carbonyl (C=O) groups is 2. The minimum Gasteiger partial charge on any atom is -0.326 e. The predicted octanol–water partition coefficient (Wildman–Crippen LogP) is 4.22. The van der Waals surface area contributed by atoms with Gasteiger partial charge < -0.3 is 10.6 Å². The fourth-order valence-corrected chi connectivity index (χ4v) is 3.50. The monoisotopic (exact) mass is 361 g/mol. The van der Waals surface area contributed by atoms with Crippen LogP contribution in [0.4, 0.5) is 15.8 Å². The number of nitrogens with one attached hydrogen (secondary N) is 2. The van der Waals surface area contributed by atoms with Gasteiger partial charge in [-0.05, 0) is 29.6 Å². The average Bonchev–Trinajstić information content (AvgIpc) is 3.20. The van der Waals surface area contributed by atoms with Gasteiger partial charge in [-0.2, -0.15) is 11.3 Å². The van der Waals surface area contributed by atoms with E-state index < -0.39 is 11.7 Å². The lowest BCUT2D eigenvalue weighted by Gasteiger charge is -2.08. The van der Waals surface area contributed by atoms with Crippen molar-refractivity contribution in [1.82, 2.24) is 4.98 Å². The predicted molar refractivity (Wildman–Crippen MR) is 94.1 cm³/mol. The number of anilines is 2. The maximum atomic E-state index is 13.9. The summed E-state index contributed by atoms with van der Waals surface area (Å²) in [4.78, 5) is 27.6. The van der Waals surface area contributed by atoms with Crippen LogP contribution in [0, 0.1) is 5.82 Å². The topological polar surface area (TPSA) is 71.1 Å². The number of hydrogen-bond acceptors (Lipinski definition) is 5. The molecular weight excluding hydrogens is 349 g/mol. The lowest BCUT2D eigenvalue weighted by Crippen LogP contribution is -2.14. The van der Waals surface area contributed by atoms with E-state index in [4.69, 9.17) is 0 Å². The summed E-state index contributed by atoms with van der Waals surface area (Å²) in [5, 5.41) is 11.2. The van der Waals surface area contributed by atoms with Crippen LogP contribution in [0.25, 0.3) is 10.6 Å². The molecule has 0 bridgehead atoms. The van der Waals surface area contributed by atoms with Crippen molar-refractivity contribution in [2.45, 2.75) is 6.92 Å². The second-order valence-corrected chi connectivity index (χ2v) is 6.52. The molecule has 5 nitrogen and oxygen atoms in total. The maximum absolute atomic E-state index is 13.9. The van der Waals surface area contributed by atoms with Crippen LogP contribution < -0.4 is 10.6 Å². The molecule has 0 spiro atoms. The van der Waals surface area contributed by atoms with Crippen molar-refractivity contribution in [2.24, 2.45) is 0 Å². The summed E-state index contributed by atoms with van der Waals surface area (Å²) < 4.78 is 13.9. The van der Waals surface area contributed by atoms with Gasteiger partial charge in [0.25, 0.3) is 5.91 Å². The molecule has 2 N–H and O–H groups in total. The van der Waals surface area contributed by atoms with Gasteiger partial charge in [0.2, 0.25) is 5.91 Å². The smallest absolute Gasteiger partial charge is 0.275 e. The largest absolute Gasteiger partial charge is 0.326 e. The van der Waals surface area contributed by atoms with E-state index in [0.29, 0.717) is 5.69 Å². The highest BCUT2D eigenvalue weighted by molar-refractivity contribution is 7.14. The number of thiophene rings is 1. The van der Waals surface area contributed by atoms with Crippen LogP contribution in [0.5, 0.6) is 0 Å². The number of hydrogen-bond donors (Lipinski definition) is 2. The summed E-state index contributed by atoms with van der Waals surface area (Å²) in [6.07, 6.45) is 0. The Morgan fingerprint density at radius 3 is 2.71 bits per heavy atom. The third kappa shape index (κ3) is 3.66. The normalized spacial score (nSPS) is 10.4. The van der Waals surface area contributed by atoms with E-state index >= 15 is 0 Å². The minimum absolute atomic E-state index is 0.0173. The highest BCUT2D eigenvalue weighted by Crippen LogP contribution is 2.26. The number of thiazole rings is 1. The van der Waals surface area contributed by atoms with E-state index in [1.165, 1.54) is 36.5 Å². The first-order valence-corrected chi connectivity index (χ1v) is 8.72. The quantitative estimate of drug-likeness (QED) is 0.731. The van der Waals surface area contributed by atoms with Crippen molar-refractivity contribution in [1.29, 1.82) is 0 Å². The minimum atomic E-state index is -0.592. The molecule has 3 aromatic rings. The SMILES string of the molecule is CC(=O)Nc1ccc(F)c(NC(=O)c2csc(-c3ccsc3)n2)c1. The molecule has 0 unspecified atom stereocenters. The van der Waals surface area contributed by atoms with Crippen LogP contribution in [-0.4, -0.2) is 16.8 Å². The Bertz CT molecular complexity index is 891. The Morgan fingerprint density at radius 2 is 2.00 bits per heavy atom. The molecule has 3 rings (SSSR count). The van der Waals surface area contributed by atoms with Crippen molar-refractivity contribution in [3.8, 4) is 10.6 Å². The van der Waals surface area contributed by atoms with Crippen LogP contribution in [0.1, 0.15) is 17.4 Å². The standard InChI is InChI=1S/C16H12FN3O2S2/c1-9(21)18-11-2-3-12(17)13(6-11)19-15(22)14-8-24-16(20-14)10-4-5-23-7-10/h2-8H,1H3,(H,18,21)(H,19,22). The zero-order chi connectivity index (χ0) is 17.1. The first kappa shape index (κ1) is 16.3. The molecular formula is C16H12FN3O2S2. The van der Waals surface area contributed by atoms with Gasteiger partial charge in [0.1, 0.15) is 16.5 Å². The lowest BCUT2D eigenvalue weighted by atomic mass is 10.2. The third-order valence-corrected chi connectivity index (χ3v) is 4.61. The Morgan fingerprint density at radius 1 is 1.17 bits per heavy atom. The van der Waals surface area contributed by atoms with Gasteiger partial charge in [-0.1, -0.05) is 0 Å². The number of amides is 2. The van der Waals surface area contributed by atoms with Gasteiger partial charge in [0, 0.05) is 28.9 Å². The second-order valence-electron chi connectivity index (χ2n) is 4.88. The number of nitrogens with zero attached hydrogens (tertiary/aromatic N) is 1. The van der Waals surface area contributed by atoms with Gasteiger partial charge in [-0.3, -0.25) is 9.59 Å². The molecule has 122 valence electrons. The second kappa shape index (κ2) is 6.90. The average molecular weight is 361 g/mol. The van der Waals surface area contributed by atoms with Crippen molar-refractivity contribution >= 4 is 45.9 Å². The first-order chi connectivity index (χ1) is 11.5. The van der Waals surface area contributed by atoms with Crippen LogP contribution in [0.2, 0.25) is 0 Å². The van der Waals surface area contributed by atoms with E-state index in [9.17, 15) is 14.0 Å². The molecule has 0 aliphatic rings. The zero-order valence-electron chi connectivity index (χ0n) is 12.5. The van der Waals surface area contributed by atoms with Crippen molar-refractivity contribution in [2.75, 3.05) is 10.6 Å². The number of carbonyl (C=O) groups excluding carboxylic acids is 2. The van der Waals surface area contributed by atoms with E-state index in [0.717, 1.165) is 10.6 Å². The summed E-state index contributed by atoms with van der Waals surface area (Å²) in [5.41, 5.74) is 1.54. The number of aromatic nitrogens is 1. The van der Waals surface area contributed by atoms with Crippen LogP contribution >= 0.6 is 22.7 Å². The molecule has 0 saturated carbocycles. The summed E-state index contributed by atoms with van der Waals surface area (Å²) >= 11 is 2.89. The first-order valence-electron chi connectivity index (χ1n) is 6.89. The molecule has 2 aromatic heterocycles. The number of halogens is 1. The van der Waals surface area contributed by atoms with Gasteiger partial charge in [0.05, 0.1) is 5.69 Å². The third-order valence-electron chi connectivity index (χ3n) is 3.04. The van der Waals surface area contributed by atoms with Crippen molar-refractivity contribution < 1.29 is 14.0 Å². The molecule has 0 aliphatic heterocycles. The number of benzene rings is 1. The molecule has 0 saturated heterocycles. The molecule has 1 aromatic carbocycles. The Hall–Kier alpha value is -2.58. The molecule has 0 atom stereocenters. The van der Waals surface area contributed by atoms with Crippen molar-refractivity contribution in [3.63, 3.8) is 0 Å². The highest BCUT2D eigenvalue weighted by atomic mass is 32.1. The molecule has 0 radical (unpaired) electrons. The molecule has 8 heteroatoms. The van der Waals surface area contributed by atoms with Gasteiger partial charge in [0.15, 0.2) is 0 Å². The maximum Gasteiger partial charge on any atom is 0.275 e.